The molecule has 1 N–H and O–H groups in total. The molecule has 0 bridgehead atoms. The first-order valence-electron chi connectivity index (χ1n) is 5.15. The number of carbonyl (C=O) groups excluding carboxylic acids is 1. The Kier molecular flexibility index (Phi) is 4.63. The Morgan fingerprint density at radius 3 is 2.38 bits per heavy atom. The highest BCUT2D eigenvalue weighted by molar-refractivity contribution is 6.30. The van der Waals surface area contributed by atoms with Crippen molar-refractivity contribution in [1.82, 2.24) is 5.32 Å². The molecule has 16 heavy (non-hydrogen) atoms. The fourth-order valence-corrected chi connectivity index (χ4v) is 1.55. The molecule has 1 unspecified atom stereocenters. The fraction of sp³-hybridized carbons (Fsp3) is 0.417. The number of rotatable bonds is 4. The van der Waals surface area contributed by atoms with Gasteiger partial charge in [-0.25, -0.2) is 0 Å². The van der Waals surface area contributed by atoms with Crippen LogP contribution in [0.25, 0.3) is 0 Å². The molecule has 0 aliphatic heterocycles. The molecule has 0 radical (unpaired) electrons. The summed E-state index contributed by atoms with van der Waals surface area (Å²) in [6.45, 7) is 3.92. The summed E-state index contributed by atoms with van der Waals surface area (Å²) in [5.41, 5.74) is 0.229. The van der Waals surface area contributed by atoms with E-state index in [0.29, 0.717) is 16.5 Å². The minimum Gasteiger partial charge on any atom is -0.346 e. The van der Waals surface area contributed by atoms with Crippen molar-refractivity contribution < 1.29 is 4.79 Å². The Balaban J connectivity index is 2.76. The average Bonchev–Trinajstić information content (AvgIpc) is 2.29. The number of halogens is 2. The molecular formula is C12H15Cl2NO. The third kappa shape index (κ3) is 3.39. The Bertz CT molecular complexity index is 358. The number of alkyl halides is 1. The van der Waals surface area contributed by atoms with Crippen LogP contribution in [0.2, 0.25) is 5.02 Å². The maximum atomic E-state index is 11.9. The number of nitrogens with one attached hydrogen (secondary N) is 1. The largest absolute Gasteiger partial charge is 0.346 e. The first-order chi connectivity index (χ1) is 7.50. The summed E-state index contributed by atoms with van der Waals surface area (Å²) in [5, 5.41) is 3.53. The van der Waals surface area contributed by atoms with Gasteiger partial charge in [0.2, 0.25) is 0 Å². The minimum atomic E-state index is -0.363. The lowest BCUT2D eigenvalue weighted by Gasteiger charge is -2.27. The zero-order chi connectivity index (χ0) is 12.2. The third-order valence-electron chi connectivity index (χ3n) is 2.60. The van der Waals surface area contributed by atoms with Gasteiger partial charge in [0.25, 0.3) is 5.91 Å². The van der Waals surface area contributed by atoms with Crippen molar-refractivity contribution >= 4 is 29.1 Å². The summed E-state index contributed by atoms with van der Waals surface area (Å²) < 4.78 is 0. The van der Waals surface area contributed by atoms with E-state index in [9.17, 15) is 4.79 Å². The summed E-state index contributed by atoms with van der Waals surface area (Å²) in [5.74, 6) is 0.268. The lowest BCUT2D eigenvalue weighted by molar-refractivity contribution is 0.0912. The van der Waals surface area contributed by atoms with Crippen molar-refractivity contribution in [3.05, 3.63) is 34.9 Å². The second-order valence-electron chi connectivity index (χ2n) is 4.01. The average molecular weight is 260 g/mol. The molecule has 0 aromatic heterocycles. The maximum Gasteiger partial charge on any atom is 0.251 e. The van der Waals surface area contributed by atoms with E-state index in [1.165, 1.54) is 0 Å². The number of hydrogen-bond donors (Lipinski definition) is 1. The zero-order valence-corrected chi connectivity index (χ0v) is 10.9. The molecule has 1 aromatic rings. The van der Waals surface area contributed by atoms with Crippen LogP contribution in [0, 0.1) is 0 Å². The first-order valence-corrected chi connectivity index (χ1v) is 6.06. The van der Waals surface area contributed by atoms with Crippen molar-refractivity contribution in [2.45, 2.75) is 25.8 Å². The van der Waals surface area contributed by atoms with Gasteiger partial charge in [-0.05, 0) is 37.6 Å². The SMILES string of the molecule is CCC(C)(CCl)NC(=O)c1ccc(Cl)cc1. The van der Waals surface area contributed by atoms with Crippen molar-refractivity contribution in [1.29, 1.82) is 0 Å². The van der Waals surface area contributed by atoms with E-state index in [0.717, 1.165) is 6.42 Å². The second kappa shape index (κ2) is 5.55. The van der Waals surface area contributed by atoms with Crippen LogP contribution in [0.15, 0.2) is 24.3 Å². The molecule has 1 atom stereocenters. The van der Waals surface area contributed by atoms with Crippen LogP contribution in [0.1, 0.15) is 30.6 Å². The van der Waals surface area contributed by atoms with Gasteiger partial charge in [0.1, 0.15) is 0 Å². The summed E-state index contributed by atoms with van der Waals surface area (Å²) in [7, 11) is 0. The highest BCUT2D eigenvalue weighted by atomic mass is 35.5. The molecule has 0 aliphatic rings. The highest BCUT2D eigenvalue weighted by Crippen LogP contribution is 2.14. The third-order valence-corrected chi connectivity index (χ3v) is 3.44. The van der Waals surface area contributed by atoms with Crippen molar-refractivity contribution in [3.8, 4) is 0 Å². The monoisotopic (exact) mass is 259 g/mol. The van der Waals surface area contributed by atoms with Gasteiger partial charge in [0, 0.05) is 16.5 Å². The van der Waals surface area contributed by atoms with Gasteiger partial charge in [0.15, 0.2) is 0 Å². The number of carbonyl (C=O) groups is 1. The maximum absolute atomic E-state index is 11.9. The number of benzene rings is 1. The van der Waals surface area contributed by atoms with Crippen LogP contribution < -0.4 is 5.32 Å². The lowest BCUT2D eigenvalue weighted by Crippen LogP contribution is -2.47. The van der Waals surface area contributed by atoms with Crippen molar-refractivity contribution in [2.75, 3.05) is 5.88 Å². The second-order valence-corrected chi connectivity index (χ2v) is 4.71. The van der Waals surface area contributed by atoms with E-state index in [4.69, 9.17) is 23.2 Å². The van der Waals surface area contributed by atoms with Gasteiger partial charge < -0.3 is 5.32 Å². The van der Waals surface area contributed by atoms with Gasteiger partial charge in [-0.3, -0.25) is 4.79 Å². The molecule has 4 heteroatoms. The summed E-state index contributed by atoms with van der Waals surface area (Å²) in [6.07, 6.45) is 0.788. The molecule has 2 nitrogen and oxygen atoms in total. The van der Waals surface area contributed by atoms with Gasteiger partial charge in [-0.15, -0.1) is 11.6 Å². The normalized spacial score (nSPS) is 14.2. The number of hydrogen-bond acceptors (Lipinski definition) is 1. The van der Waals surface area contributed by atoms with Gasteiger partial charge in [-0.1, -0.05) is 18.5 Å². The Hall–Kier alpha value is -0.730. The molecule has 1 aromatic carbocycles. The van der Waals surface area contributed by atoms with Crippen LogP contribution >= 0.6 is 23.2 Å². The topological polar surface area (TPSA) is 29.1 Å². The lowest BCUT2D eigenvalue weighted by atomic mass is 10.0. The predicted molar refractivity (Wildman–Crippen MR) is 68.3 cm³/mol. The van der Waals surface area contributed by atoms with E-state index in [2.05, 4.69) is 5.32 Å². The zero-order valence-electron chi connectivity index (χ0n) is 9.39. The Labute approximate surface area is 106 Å². The first kappa shape index (κ1) is 13.3. The molecule has 1 amide bonds. The molecular weight excluding hydrogens is 245 g/mol. The van der Waals surface area contributed by atoms with Crippen LogP contribution in [0.4, 0.5) is 0 Å². The molecule has 0 heterocycles. The van der Waals surface area contributed by atoms with Gasteiger partial charge >= 0.3 is 0 Å². The fourth-order valence-electron chi connectivity index (χ4n) is 1.16. The van der Waals surface area contributed by atoms with Crippen molar-refractivity contribution in [3.63, 3.8) is 0 Å². The van der Waals surface area contributed by atoms with Gasteiger partial charge in [-0.2, -0.15) is 0 Å². The van der Waals surface area contributed by atoms with Crippen LogP contribution in [0.5, 0.6) is 0 Å². The molecule has 88 valence electrons. The van der Waals surface area contributed by atoms with Crippen LogP contribution in [0.3, 0.4) is 0 Å². The van der Waals surface area contributed by atoms with E-state index >= 15 is 0 Å². The standard InChI is InChI=1S/C12H15Cl2NO/c1-3-12(2,8-13)15-11(16)9-4-6-10(14)7-5-9/h4-7H,3,8H2,1-2H3,(H,15,16). The molecule has 0 aliphatic carbocycles. The Morgan fingerprint density at radius 1 is 1.38 bits per heavy atom. The van der Waals surface area contributed by atoms with Gasteiger partial charge in [0.05, 0.1) is 5.54 Å². The number of amides is 1. The molecule has 0 saturated carbocycles. The molecule has 0 saturated heterocycles. The van der Waals surface area contributed by atoms with Crippen LogP contribution in [-0.2, 0) is 0 Å². The summed E-state index contributed by atoms with van der Waals surface area (Å²) in [6, 6.07) is 6.78. The van der Waals surface area contributed by atoms with E-state index < -0.39 is 0 Å². The summed E-state index contributed by atoms with van der Waals surface area (Å²) >= 11 is 11.6. The predicted octanol–water partition coefficient (Wildman–Crippen LogP) is 3.48. The Morgan fingerprint density at radius 2 is 1.94 bits per heavy atom. The smallest absolute Gasteiger partial charge is 0.251 e. The van der Waals surface area contributed by atoms with E-state index in [1.807, 2.05) is 13.8 Å². The highest BCUT2D eigenvalue weighted by Gasteiger charge is 2.23. The van der Waals surface area contributed by atoms with E-state index in [-0.39, 0.29) is 11.4 Å². The minimum absolute atomic E-state index is 0.123. The molecule has 0 spiro atoms. The van der Waals surface area contributed by atoms with Crippen LogP contribution in [-0.4, -0.2) is 17.3 Å². The van der Waals surface area contributed by atoms with E-state index in [1.54, 1.807) is 24.3 Å². The molecule has 0 fully saturated rings. The quantitative estimate of drug-likeness (QED) is 0.825. The van der Waals surface area contributed by atoms with Crippen molar-refractivity contribution in [2.24, 2.45) is 0 Å². The summed E-state index contributed by atoms with van der Waals surface area (Å²) in [4.78, 5) is 11.9. The molecule has 1 rings (SSSR count).